The second-order valence-electron chi connectivity index (χ2n) is 5.19. The van der Waals surface area contributed by atoms with Gasteiger partial charge >= 0.3 is 0 Å². The fraction of sp³-hybridized carbons (Fsp3) is 0.357. The Hall–Kier alpha value is -1.98. The molecule has 2 rings (SSSR count). The average molecular weight is 283 g/mol. The third-order valence-corrected chi connectivity index (χ3v) is 3.06. The predicted octanol–water partition coefficient (Wildman–Crippen LogP) is 3.29. The molecule has 0 bridgehead atoms. The minimum atomic E-state index is -1.48. The molecule has 0 saturated carbocycles. The van der Waals surface area contributed by atoms with Crippen molar-refractivity contribution in [2.75, 3.05) is 5.73 Å². The highest BCUT2D eigenvalue weighted by Crippen LogP contribution is 2.30. The van der Waals surface area contributed by atoms with Crippen molar-refractivity contribution in [2.45, 2.75) is 20.3 Å². The molecule has 20 heavy (non-hydrogen) atoms. The molecule has 0 radical (unpaired) electrons. The Balaban J connectivity index is 2.60. The van der Waals surface area contributed by atoms with Crippen LogP contribution in [0.3, 0.4) is 0 Å². The van der Waals surface area contributed by atoms with E-state index in [1.54, 1.807) is 7.05 Å². The molecule has 0 atom stereocenters. The summed E-state index contributed by atoms with van der Waals surface area (Å²) in [5.41, 5.74) is 7.22. The summed E-state index contributed by atoms with van der Waals surface area (Å²) in [5.74, 6) is -3.21. The lowest BCUT2D eigenvalue weighted by Gasteiger charge is -2.07. The minimum Gasteiger partial charge on any atom is -0.384 e. The zero-order chi connectivity index (χ0) is 15.0. The molecule has 3 nitrogen and oxygen atoms in total. The van der Waals surface area contributed by atoms with Crippen molar-refractivity contribution in [1.82, 2.24) is 9.78 Å². The van der Waals surface area contributed by atoms with Crippen LogP contribution in [0, 0.1) is 23.4 Å². The minimum absolute atomic E-state index is 0.185. The lowest BCUT2D eigenvalue weighted by atomic mass is 9.99. The number of hydrogen-bond acceptors (Lipinski definition) is 2. The number of nitrogens with zero attached hydrogens (tertiary/aromatic N) is 2. The quantitative estimate of drug-likeness (QED) is 0.878. The van der Waals surface area contributed by atoms with E-state index in [1.165, 1.54) is 4.68 Å². The number of hydrogen-bond donors (Lipinski definition) is 1. The highest BCUT2D eigenvalue weighted by atomic mass is 19.2. The van der Waals surface area contributed by atoms with Crippen molar-refractivity contribution in [3.05, 3.63) is 35.1 Å². The highest BCUT2D eigenvalue weighted by molar-refractivity contribution is 5.68. The van der Waals surface area contributed by atoms with Gasteiger partial charge in [-0.05, 0) is 24.5 Å². The van der Waals surface area contributed by atoms with Crippen LogP contribution >= 0.6 is 0 Å². The number of aromatic nitrogens is 2. The van der Waals surface area contributed by atoms with Gasteiger partial charge in [0.1, 0.15) is 5.82 Å². The van der Waals surface area contributed by atoms with Gasteiger partial charge in [0.15, 0.2) is 17.5 Å². The van der Waals surface area contributed by atoms with Gasteiger partial charge in [0, 0.05) is 18.2 Å². The summed E-state index contributed by atoms with van der Waals surface area (Å²) < 4.78 is 41.2. The molecule has 0 unspecified atom stereocenters. The smallest absolute Gasteiger partial charge is 0.194 e. The van der Waals surface area contributed by atoms with Crippen LogP contribution in [0.2, 0.25) is 0 Å². The molecule has 0 saturated heterocycles. The molecule has 0 aliphatic carbocycles. The van der Waals surface area contributed by atoms with Crippen molar-refractivity contribution in [3.8, 4) is 11.3 Å². The van der Waals surface area contributed by atoms with E-state index in [1.807, 2.05) is 13.8 Å². The normalized spacial score (nSPS) is 11.3. The lowest BCUT2D eigenvalue weighted by molar-refractivity contribution is 0.447. The maximum Gasteiger partial charge on any atom is 0.194 e. The van der Waals surface area contributed by atoms with Crippen LogP contribution in [0.1, 0.15) is 19.4 Å². The summed E-state index contributed by atoms with van der Waals surface area (Å²) in [6.07, 6.45) is 0.621. The zero-order valence-electron chi connectivity index (χ0n) is 11.5. The Morgan fingerprint density at radius 3 is 2.25 bits per heavy atom. The van der Waals surface area contributed by atoms with Gasteiger partial charge in [-0.2, -0.15) is 5.10 Å². The van der Waals surface area contributed by atoms with Crippen LogP contribution in [-0.2, 0) is 13.5 Å². The number of halogens is 3. The summed E-state index contributed by atoms with van der Waals surface area (Å²) in [6, 6.07) is 1.87. The molecule has 108 valence electrons. The fourth-order valence-electron chi connectivity index (χ4n) is 2.11. The molecule has 2 N–H and O–H groups in total. The number of benzene rings is 1. The lowest BCUT2D eigenvalue weighted by Crippen LogP contribution is -2.02. The molecule has 0 fully saturated rings. The Labute approximate surface area is 115 Å². The van der Waals surface area contributed by atoms with Crippen LogP contribution in [0.4, 0.5) is 19.0 Å². The molecule has 1 heterocycles. The van der Waals surface area contributed by atoms with E-state index in [0.29, 0.717) is 29.4 Å². The Kier molecular flexibility index (Phi) is 3.74. The summed E-state index contributed by atoms with van der Waals surface area (Å²) in [5, 5.41) is 4.18. The van der Waals surface area contributed by atoms with Gasteiger partial charge in [0.05, 0.1) is 5.69 Å². The van der Waals surface area contributed by atoms with Crippen molar-refractivity contribution >= 4 is 5.82 Å². The number of aryl methyl sites for hydroxylation is 1. The first-order valence-corrected chi connectivity index (χ1v) is 6.27. The number of nitrogens with two attached hydrogens (primary N) is 1. The summed E-state index contributed by atoms with van der Waals surface area (Å²) >= 11 is 0. The van der Waals surface area contributed by atoms with E-state index in [9.17, 15) is 13.2 Å². The Morgan fingerprint density at radius 1 is 1.20 bits per heavy atom. The fourth-order valence-corrected chi connectivity index (χ4v) is 2.11. The molecule has 6 heteroatoms. The van der Waals surface area contributed by atoms with Gasteiger partial charge in [-0.3, -0.25) is 4.68 Å². The Bertz CT molecular complexity index is 624. The second kappa shape index (κ2) is 5.19. The number of nitrogen functional groups attached to an aromatic ring is 1. The Morgan fingerprint density at radius 2 is 1.75 bits per heavy atom. The van der Waals surface area contributed by atoms with Gasteiger partial charge in [0.2, 0.25) is 0 Å². The van der Waals surface area contributed by atoms with E-state index in [4.69, 9.17) is 5.73 Å². The molecule has 1 aromatic heterocycles. The molecular formula is C14H16F3N3. The molecule has 0 aliphatic rings. The molecule has 0 aliphatic heterocycles. The van der Waals surface area contributed by atoms with Gasteiger partial charge in [-0.15, -0.1) is 0 Å². The first kappa shape index (κ1) is 14.4. The van der Waals surface area contributed by atoms with Crippen LogP contribution in [0.15, 0.2) is 12.1 Å². The van der Waals surface area contributed by atoms with Crippen molar-refractivity contribution < 1.29 is 13.2 Å². The summed E-state index contributed by atoms with van der Waals surface area (Å²) in [4.78, 5) is 0. The highest BCUT2D eigenvalue weighted by Gasteiger charge is 2.19. The largest absolute Gasteiger partial charge is 0.384 e. The second-order valence-corrected chi connectivity index (χ2v) is 5.19. The third-order valence-electron chi connectivity index (χ3n) is 3.06. The van der Waals surface area contributed by atoms with E-state index < -0.39 is 17.5 Å². The molecular weight excluding hydrogens is 267 g/mol. The predicted molar refractivity (Wildman–Crippen MR) is 71.5 cm³/mol. The monoisotopic (exact) mass is 283 g/mol. The third kappa shape index (κ3) is 2.50. The molecule has 0 amide bonds. The van der Waals surface area contributed by atoms with Gasteiger partial charge in [-0.25, -0.2) is 13.2 Å². The number of rotatable bonds is 3. The van der Waals surface area contributed by atoms with E-state index >= 15 is 0 Å². The zero-order valence-corrected chi connectivity index (χ0v) is 11.5. The van der Waals surface area contributed by atoms with E-state index in [-0.39, 0.29) is 5.56 Å². The van der Waals surface area contributed by atoms with Crippen LogP contribution < -0.4 is 5.73 Å². The maximum absolute atomic E-state index is 13.3. The van der Waals surface area contributed by atoms with Gasteiger partial charge in [0.25, 0.3) is 0 Å². The first-order valence-electron chi connectivity index (χ1n) is 6.27. The van der Waals surface area contributed by atoms with Crippen molar-refractivity contribution in [1.29, 1.82) is 0 Å². The van der Waals surface area contributed by atoms with Gasteiger partial charge < -0.3 is 5.73 Å². The van der Waals surface area contributed by atoms with Crippen LogP contribution in [-0.4, -0.2) is 9.78 Å². The standard InChI is InChI=1S/C14H16F3N3/c1-7(2)4-9-13(19-20(3)14(9)18)8-5-10(15)12(17)11(16)6-8/h5-7H,4,18H2,1-3H3. The van der Waals surface area contributed by atoms with Crippen LogP contribution in [0.25, 0.3) is 11.3 Å². The number of anilines is 1. The topological polar surface area (TPSA) is 43.8 Å². The first-order chi connectivity index (χ1) is 9.31. The summed E-state index contributed by atoms with van der Waals surface area (Å²) in [7, 11) is 1.65. The maximum atomic E-state index is 13.3. The molecule has 1 aromatic carbocycles. The molecule has 0 spiro atoms. The van der Waals surface area contributed by atoms with E-state index in [2.05, 4.69) is 5.10 Å². The SMILES string of the molecule is CC(C)Cc1c(-c2cc(F)c(F)c(F)c2)nn(C)c1N. The summed E-state index contributed by atoms with van der Waals surface area (Å²) in [6.45, 7) is 4.00. The van der Waals surface area contributed by atoms with Crippen LogP contribution in [0.5, 0.6) is 0 Å². The molecule has 2 aromatic rings. The van der Waals surface area contributed by atoms with E-state index in [0.717, 1.165) is 12.1 Å². The van der Waals surface area contributed by atoms with Gasteiger partial charge in [-0.1, -0.05) is 13.8 Å². The van der Waals surface area contributed by atoms with Crippen molar-refractivity contribution in [3.63, 3.8) is 0 Å². The van der Waals surface area contributed by atoms with Crippen molar-refractivity contribution in [2.24, 2.45) is 13.0 Å². The average Bonchev–Trinajstić information content (AvgIpc) is 2.63.